The molecule has 0 aromatic rings. The maximum absolute atomic E-state index is 12.9. The van der Waals surface area contributed by atoms with E-state index in [2.05, 4.69) is 93.7 Å². The van der Waals surface area contributed by atoms with Crippen molar-refractivity contribution in [3.63, 3.8) is 0 Å². The van der Waals surface area contributed by atoms with E-state index in [1.807, 2.05) is 6.08 Å². The van der Waals surface area contributed by atoms with Gasteiger partial charge in [-0.2, -0.15) is 0 Å². The molecule has 1 unspecified atom stereocenters. The normalized spacial score (nSPS) is 12.6. The number of carbonyl (C=O) groups is 3. The number of esters is 3. The average Bonchev–Trinajstić information content (AvgIpc) is 3.45. The SMILES string of the molecule is CC/C=C\C/C=C\C/C=C\C/C=C\C/C=C\CC(=O)OCC(COC(=O)CCCCCCCCCCCCCCCCCCCCCCCCCCCCCC)OC(=O)CCCCCCCCC/C=C\C/C=C\CCCCCC. The highest BCUT2D eigenvalue weighted by molar-refractivity contribution is 5.72. The van der Waals surface area contributed by atoms with Gasteiger partial charge in [-0.25, -0.2) is 0 Å². The van der Waals surface area contributed by atoms with Crippen molar-refractivity contribution in [1.29, 1.82) is 0 Å². The summed E-state index contributed by atoms with van der Waals surface area (Å²) in [6.07, 6.45) is 89.3. The standard InChI is InChI=1S/C73H128O6/c1-4-7-10-13-16-19-22-25-28-30-32-33-34-35-36-37-38-39-40-41-43-45-48-51-54-57-60-63-66-72(75)78-69-70(68-77-71(74)65-62-59-56-53-50-47-44-27-24-21-18-15-12-9-6-3)79-73(76)67-64-61-58-55-52-49-46-42-31-29-26-23-20-17-14-11-8-5-2/h9,12,18,20-21,23,27,29,31,44,50,53,59,62,70H,4-8,10-11,13-17,19,22,24-26,28,30,32-43,45-49,51-52,54-58,60-61,63-69H2,1-3H3/b12-9-,21-18-,23-20-,31-29-,44-27-,53-50-,62-59-. The van der Waals surface area contributed by atoms with Gasteiger partial charge >= 0.3 is 17.9 Å². The second-order valence-electron chi connectivity index (χ2n) is 22.7. The third-order valence-electron chi connectivity index (χ3n) is 14.9. The Morgan fingerprint density at radius 2 is 0.544 bits per heavy atom. The molecule has 0 aliphatic carbocycles. The molecule has 456 valence electrons. The maximum Gasteiger partial charge on any atom is 0.309 e. The van der Waals surface area contributed by atoms with Crippen molar-refractivity contribution in [2.45, 2.75) is 348 Å². The van der Waals surface area contributed by atoms with E-state index in [0.717, 1.165) is 83.5 Å². The first kappa shape index (κ1) is 75.6. The minimum absolute atomic E-state index is 0.107. The van der Waals surface area contributed by atoms with Crippen LogP contribution in [0.15, 0.2) is 85.1 Å². The van der Waals surface area contributed by atoms with Crippen LogP contribution in [0, 0.1) is 0 Å². The van der Waals surface area contributed by atoms with Gasteiger partial charge in [0.1, 0.15) is 13.2 Å². The van der Waals surface area contributed by atoms with Gasteiger partial charge in [-0.15, -0.1) is 0 Å². The highest BCUT2D eigenvalue weighted by atomic mass is 16.6. The first-order valence-corrected chi connectivity index (χ1v) is 34.1. The fourth-order valence-corrected chi connectivity index (χ4v) is 9.84. The fourth-order valence-electron chi connectivity index (χ4n) is 9.84. The quantitative estimate of drug-likeness (QED) is 0.0261. The van der Waals surface area contributed by atoms with Crippen LogP contribution >= 0.6 is 0 Å². The van der Waals surface area contributed by atoms with Crippen molar-refractivity contribution in [2.24, 2.45) is 0 Å². The number of hydrogen-bond donors (Lipinski definition) is 0. The summed E-state index contributed by atoms with van der Waals surface area (Å²) in [6, 6.07) is 0. The molecule has 0 radical (unpaired) electrons. The molecular formula is C73H128O6. The smallest absolute Gasteiger partial charge is 0.309 e. The number of ether oxygens (including phenoxy) is 3. The molecule has 6 heteroatoms. The summed E-state index contributed by atoms with van der Waals surface area (Å²) in [5.41, 5.74) is 0. The Kier molecular flexibility index (Phi) is 64.2. The van der Waals surface area contributed by atoms with E-state index in [9.17, 15) is 14.4 Å². The molecule has 0 amide bonds. The van der Waals surface area contributed by atoms with Gasteiger partial charge in [0.2, 0.25) is 0 Å². The maximum atomic E-state index is 12.9. The Bertz CT molecular complexity index is 1500. The molecule has 0 aromatic heterocycles. The van der Waals surface area contributed by atoms with Crippen molar-refractivity contribution in [1.82, 2.24) is 0 Å². The molecule has 0 aliphatic rings. The highest BCUT2D eigenvalue weighted by Gasteiger charge is 2.19. The Morgan fingerprint density at radius 1 is 0.278 bits per heavy atom. The zero-order valence-electron chi connectivity index (χ0n) is 52.4. The van der Waals surface area contributed by atoms with E-state index >= 15 is 0 Å². The zero-order chi connectivity index (χ0) is 57.1. The van der Waals surface area contributed by atoms with Gasteiger partial charge in [-0.1, -0.05) is 331 Å². The summed E-state index contributed by atoms with van der Waals surface area (Å²) < 4.78 is 16.8. The van der Waals surface area contributed by atoms with Crippen LogP contribution in [0.4, 0.5) is 0 Å². The van der Waals surface area contributed by atoms with Crippen molar-refractivity contribution in [3.05, 3.63) is 85.1 Å². The van der Waals surface area contributed by atoms with Crippen molar-refractivity contribution in [2.75, 3.05) is 13.2 Å². The summed E-state index contributed by atoms with van der Waals surface area (Å²) >= 11 is 0. The molecular weight excluding hydrogens is 973 g/mol. The molecule has 0 aromatic carbocycles. The third-order valence-corrected chi connectivity index (χ3v) is 14.9. The number of unbranched alkanes of at least 4 members (excludes halogenated alkanes) is 38. The van der Waals surface area contributed by atoms with Crippen LogP contribution < -0.4 is 0 Å². The van der Waals surface area contributed by atoms with Gasteiger partial charge in [0.05, 0.1) is 6.42 Å². The van der Waals surface area contributed by atoms with E-state index in [4.69, 9.17) is 14.2 Å². The monoisotopic (exact) mass is 1100 g/mol. The van der Waals surface area contributed by atoms with Crippen LogP contribution in [0.3, 0.4) is 0 Å². The summed E-state index contributed by atoms with van der Waals surface area (Å²) in [5, 5.41) is 0. The molecule has 0 bridgehead atoms. The predicted molar refractivity (Wildman–Crippen MR) is 344 cm³/mol. The van der Waals surface area contributed by atoms with Gasteiger partial charge in [0, 0.05) is 12.8 Å². The van der Waals surface area contributed by atoms with Crippen LogP contribution in [0.2, 0.25) is 0 Å². The molecule has 0 N–H and O–H groups in total. The first-order chi connectivity index (χ1) is 39.0. The van der Waals surface area contributed by atoms with Gasteiger partial charge in [0.15, 0.2) is 6.10 Å². The van der Waals surface area contributed by atoms with Crippen LogP contribution in [-0.2, 0) is 28.6 Å². The van der Waals surface area contributed by atoms with Gasteiger partial charge in [0.25, 0.3) is 0 Å². The number of allylic oxidation sites excluding steroid dienone is 13. The average molecular weight is 1100 g/mol. The van der Waals surface area contributed by atoms with Crippen molar-refractivity contribution in [3.8, 4) is 0 Å². The highest BCUT2D eigenvalue weighted by Crippen LogP contribution is 2.18. The molecule has 0 fully saturated rings. The Labute approximate surface area is 490 Å². The van der Waals surface area contributed by atoms with Crippen LogP contribution in [-0.4, -0.2) is 37.2 Å². The summed E-state index contributed by atoms with van der Waals surface area (Å²) in [7, 11) is 0. The van der Waals surface area contributed by atoms with Crippen molar-refractivity contribution < 1.29 is 28.6 Å². The Hall–Kier alpha value is -3.41. The molecule has 0 saturated carbocycles. The van der Waals surface area contributed by atoms with E-state index < -0.39 is 12.1 Å². The molecule has 0 saturated heterocycles. The van der Waals surface area contributed by atoms with E-state index in [0.29, 0.717) is 12.8 Å². The Morgan fingerprint density at radius 3 is 0.899 bits per heavy atom. The fraction of sp³-hybridized carbons (Fsp3) is 0.767. The number of carbonyl (C=O) groups excluding carboxylic acids is 3. The van der Waals surface area contributed by atoms with Gasteiger partial charge in [-0.05, 0) is 77.0 Å². The zero-order valence-corrected chi connectivity index (χ0v) is 52.4. The lowest BCUT2D eigenvalue weighted by atomic mass is 10.0. The summed E-state index contributed by atoms with van der Waals surface area (Å²) in [6.45, 7) is 6.46. The van der Waals surface area contributed by atoms with E-state index in [1.54, 1.807) is 6.08 Å². The largest absolute Gasteiger partial charge is 0.462 e. The van der Waals surface area contributed by atoms with E-state index in [1.165, 1.54) is 218 Å². The first-order valence-electron chi connectivity index (χ1n) is 34.1. The minimum atomic E-state index is -0.821. The van der Waals surface area contributed by atoms with E-state index in [-0.39, 0.29) is 31.6 Å². The van der Waals surface area contributed by atoms with Crippen LogP contribution in [0.1, 0.15) is 342 Å². The lowest BCUT2D eigenvalue weighted by molar-refractivity contribution is -0.166. The molecule has 79 heavy (non-hydrogen) atoms. The van der Waals surface area contributed by atoms with Gasteiger partial charge in [-0.3, -0.25) is 14.4 Å². The predicted octanol–water partition coefficient (Wildman–Crippen LogP) is 23.4. The molecule has 0 rings (SSSR count). The van der Waals surface area contributed by atoms with Crippen LogP contribution in [0.5, 0.6) is 0 Å². The van der Waals surface area contributed by atoms with Gasteiger partial charge < -0.3 is 14.2 Å². The summed E-state index contributed by atoms with van der Waals surface area (Å²) in [4.78, 5) is 38.3. The van der Waals surface area contributed by atoms with Crippen LogP contribution in [0.25, 0.3) is 0 Å². The van der Waals surface area contributed by atoms with Crippen molar-refractivity contribution >= 4 is 17.9 Å². The molecule has 0 heterocycles. The molecule has 0 aliphatic heterocycles. The lowest BCUT2D eigenvalue weighted by Crippen LogP contribution is -2.30. The second-order valence-corrected chi connectivity index (χ2v) is 22.7. The molecule has 0 spiro atoms. The minimum Gasteiger partial charge on any atom is -0.462 e. The lowest BCUT2D eigenvalue weighted by Gasteiger charge is -2.18. The third kappa shape index (κ3) is 65.3. The molecule has 1 atom stereocenters. The molecule has 6 nitrogen and oxygen atoms in total. The second kappa shape index (κ2) is 67.1. The topological polar surface area (TPSA) is 78.9 Å². The summed E-state index contributed by atoms with van der Waals surface area (Å²) in [5.74, 6) is -1.03. The number of rotatable bonds is 62. The Balaban J connectivity index is 4.31. The number of hydrogen-bond acceptors (Lipinski definition) is 6.